The van der Waals surface area contributed by atoms with E-state index in [9.17, 15) is 14.7 Å². The number of benzene rings is 2. The number of aryl methyl sites for hydroxylation is 2. The van der Waals surface area contributed by atoms with E-state index in [1.165, 1.54) is 4.90 Å². The third kappa shape index (κ3) is 3.24. The van der Waals surface area contributed by atoms with Crippen LogP contribution in [-0.2, 0) is 9.59 Å². The van der Waals surface area contributed by atoms with Crippen molar-refractivity contribution in [1.82, 2.24) is 5.16 Å². The third-order valence-electron chi connectivity index (χ3n) is 5.06. The van der Waals surface area contributed by atoms with Gasteiger partial charge in [0.1, 0.15) is 17.3 Å². The summed E-state index contributed by atoms with van der Waals surface area (Å²) in [6.45, 7) is 3.62. The second-order valence-electron chi connectivity index (χ2n) is 7.10. The van der Waals surface area contributed by atoms with Crippen LogP contribution in [0.25, 0.3) is 5.76 Å². The average molecular weight is 404 g/mol. The monoisotopic (exact) mass is 404 g/mol. The molecule has 1 fully saturated rings. The molecule has 1 aliphatic heterocycles. The molecule has 0 radical (unpaired) electrons. The Morgan fingerprint density at radius 1 is 1.07 bits per heavy atom. The lowest BCUT2D eigenvalue weighted by Crippen LogP contribution is -2.29. The number of methoxy groups -OCH3 is 1. The van der Waals surface area contributed by atoms with Gasteiger partial charge in [0.2, 0.25) is 0 Å². The van der Waals surface area contributed by atoms with E-state index in [4.69, 9.17) is 9.26 Å². The predicted molar refractivity (Wildman–Crippen MR) is 110 cm³/mol. The van der Waals surface area contributed by atoms with Crippen LogP contribution in [-0.4, -0.2) is 29.1 Å². The minimum atomic E-state index is -0.860. The van der Waals surface area contributed by atoms with E-state index in [2.05, 4.69) is 5.16 Å². The summed E-state index contributed by atoms with van der Waals surface area (Å²) in [5.41, 5.74) is 2.09. The Balaban J connectivity index is 1.92. The molecule has 0 aliphatic carbocycles. The molecule has 1 unspecified atom stereocenters. The molecule has 4 rings (SSSR count). The van der Waals surface area contributed by atoms with E-state index >= 15 is 0 Å². The van der Waals surface area contributed by atoms with Gasteiger partial charge in [-0.1, -0.05) is 47.1 Å². The molecule has 0 bridgehead atoms. The normalized spacial score (nSPS) is 18.1. The third-order valence-corrected chi connectivity index (χ3v) is 5.06. The van der Waals surface area contributed by atoms with Crippen LogP contribution in [0.5, 0.6) is 5.75 Å². The summed E-state index contributed by atoms with van der Waals surface area (Å²) in [5, 5.41) is 14.9. The Morgan fingerprint density at radius 2 is 1.73 bits per heavy atom. The minimum Gasteiger partial charge on any atom is -0.507 e. The standard InChI is InChI=1S/C23H20N2O5/c1-13-4-6-16(7-5-13)21(26)19-20(15-8-10-17(29-3)11-9-15)25(23(28)22(19)27)18-12-14(2)30-24-18/h4-12,20,26H,1-3H3. The van der Waals surface area contributed by atoms with E-state index in [0.29, 0.717) is 22.6 Å². The summed E-state index contributed by atoms with van der Waals surface area (Å²) in [6, 6.07) is 14.8. The van der Waals surface area contributed by atoms with Crippen LogP contribution >= 0.6 is 0 Å². The Bertz CT molecular complexity index is 1140. The Morgan fingerprint density at radius 3 is 2.30 bits per heavy atom. The van der Waals surface area contributed by atoms with Gasteiger partial charge < -0.3 is 14.4 Å². The lowest BCUT2D eigenvalue weighted by atomic mass is 9.95. The Labute approximate surface area is 173 Å². The fourth-order valence-electron chi connectivity index (χ4n) is 3.50. The van der Waals surface area contributed by atoms with Crippen LogP contribution in [0.4, 0.5) is 5.82 Å². The summed E-state index contributed by atoms with van der Waals surface area (Å²) in [7, 11) is 1.55. The molecule has 1 N–H and O–H groups in total. The number of hydrogen-bond acceptors (Lipinski definition) is 6. The van der Waals surface area contributed by atoms with Crippen LogP contribution in [0.15, 0.2) is 64.7 Å². The fourth-order valence-corrected chi connectivity index (χ4v) is 3.50. The number of aromatic nitrogens is 1. The maximum absolute atomic E-state index is 13.0. The maximum atomic E-state index is 13.0. The molecule has 30 heavy (non-hydrogen) atoms. The number of ketones is 1. The topological polar surface area (TPSA) is 92.9 Å². The molecule has 1 aliphatic rings. The van der Waals surface area contributed by atoms with E-state index in [0.717, 1.165) is 5.56 Å². The zero-order valence-corrected chi connectivity index (χ0v) is 16.7. The van der Waals surface area contributed by atoms with Crippen molar-refractivity contribution in [2.45, 2.75) is 19.9 Å². The summed E-state index contributed by atoms with van der Waals surface area (Å²) in [4.78, 5) is 27.2. The van der Waals surface area contributed by atoms with Gasteiger partial charge in [-0.05, 0) is 31.5 Å². The molecular formula is C23H20N2O5. The number of carbonyl (C=O) groups is 2. The number of ether oxygens (including phenoxy) is 1. The van der Waals surface area contributed by atoms with Gasteiger partial charge >= 0.3 is 5.91 Å². The van der Waals surface area contributed by atoms with Crippen LogP contribution in [0.1, 0.15) is 28.5 Å². The number of aliphatic hydroxyl groups is 1. The first-order valence-corrected chi connectivity index (χ1v) is 9.36. The van der Waals surface area contributed by atoms with Crippen molar-refractivity contribution < 1.29 is 24.0 Å². The number of nitrogens with zero attached hydrogens (tertiary/aromatic N) is 2. The van der Waals surface area contributed by atoms with Crippen LogP contribution < -0.4 is 9.64 Å². The number of rotatable bonds is 4. The average Bonchev–Trinajstić information content (AvgIpc) is 3.29. The summed E-state index contributed by atoms with van der Waals surface area (Å²) < 4.78 is 10.3. The highest BCUT2D eigenvalue weighted by Gasteiger charge is 2.48. The van der Waals surface area contributed by atoms with Crippen LogP contribution in [0.2, 0.25) is 0 Å². The Kier molecular flexibility index (Phi) is 4.87. The number of amides is 1. The largest absolute Gasteiger partial charge is 0.507 e. The van der Waals surface area contributed by atoms with Gasteiger partial charge in [0, 0.05) is 11.6 Å². The van der Waals surface area contributed by atoms with E-state index in [1.807, 2.05) is 19.1 Å². The Hall–Kier alpha value is -3.87. The number of carbonyl (C=O) groups excluding carboxylic acids is 2. The van der Waals surface area contributed by atoms with Gasteiger partial charge in [-0.2, -0.15) is 0 Å². The van der Waals surface area contributed by atoms with E-state index < -0.39 is 17.7 Å². The zero-order valence-electron chi connectivity index (χ0n) is 16.7. The molecule has 0 spiro atoms. The lowest BCUT2D eigenvalue weighted by Gasteiger charge is -2.23. The second kappa shape index (κ2) is 7.51. The number of aliphatic hydroxyl groups excluding tert-OH is 1. The molecule has 1 atom stereocenters. The number of hydrogen-bond donors (Lipinski definition) is 1. The second-order valence-corrected chi connectivity index (χ2v) is 7.10. The van der Waals surface area contributed by atoms with Crippen molar-refractivity contribution in [2.75, 3.05) is 12.0 Å². The van der Waals surface area contributed by atoms with Gasteiger partial charge in [-0.25, -0.2) is 0 Å². The lowest BCUT2D eigenvalue weighted by molar-refractivity contribution is -0.132. The molecule has 0 saturated carbocycles. The fraction of sp³-hybridized carbons (Fsp3) is 0.174. The molecule has 1 aromatic heterocycles. The molecule has 1 amide bonds. The summed E-state index contributed by atoms with van der Waals surface area (Å²) >= 11 is 0. The molecule has 3 aromatic rings. The molecule has 7 heteroatoms. The highest BCUT2D eigenvalue weighted by atomic mass is 16.5. The first-order chi connectivity index (χ1) is 14.4. The maximum Gasteiger partial charge on any atom is 0.301 e. The SMILES string of the molecule is COc1ccc(C2C(=C(O)c3ccc(C)cc3)C(=O)C(=O)N2c2cc(C)on2)cc1. The van der Waals surface area contributed by atoms with Gasteiger partial charge in [-0.3, -0.25) is 14.5 Å². The van der Waals surface area contributed by atoms with Gasteiger partial charge in [0.25, 0.3) is 5.78 Å². The molecule has 1 saturated heterocycles. The van der Waals surface area contributed by atoms with Crippen molar-refractivity contribution in [3.63, 3.8) is 0 Å². The van der Waals surface area contributed by atoms with Gasteiger partial charge in [0.05, 0.1) is 18.7 Å². The van der Waals surface area contributed by atoms with Crippen molar-refractivity contribution in [1.29, 1.82) is 0 Å². The molecule has 152 valence electrons. The number of Topliss-reactive ketones (excluding diaryl/α,β-unsaturated/α-hetero) is 1. The van der Waals surface area contributed by atoms with Gasteiger partial charge in [0.15, 0.2) is 5.82 Å². The van der Waals surface area contributed by atoms with Crippen molar-refractivity contribution in [2.24, 2.45) is 0 Å². The predicted octanol–water partition coefficient (Wildman–Crippen LogP) is 3.93. The van der Waals surface area contributed by atoms with Crippen LogP contribution in [0.3, 0.4) is 0 Å². The van der Waals surface area contributed by atoms with Crippen molar-refractivity contribution >= 4 is 23.3 Å². The molecule has 7 nitrogen and oxygen atoms in total. The van der Waals surface area contributed by atoms with Crippen molar-refractivity contribution in [3.05, 3.63) is 82.6 Å². The van der Waals surface area contributed by atoms with E-state index in [1.54, 1.807) is 56.5 Å². The van der Waals surface area contributed by atoms with Crippen molar-refractivity contribution in [3.8, 4) is 5.75 Å². The highest BCUT2D eigenvalue weighted by Crippen LogP contribution is 2.42. The summed E-state index contributed by atoms with van der Waals surface area (Å²) in [6.07, 6.45) is 0. The van der Waals surface area contributed by atoms with Crippen LogP contribution in [0, 0.1) is 13.8 Å². The first kappa shape index (κ1) is 19.4. The number of anilines is 1. The smallest absolute Gasteiger partial charge is 0.301 e. The minimum absolute atomic E-state index is 0.00493. The van der Waals surface area contributed by atoms with E-state index in [-0.39, 0.29) is 17.2 Å². The summed E-state index contributed by atoms with van der Waals surface area (Å²) in [5.74, 6) is -0.465. The van der Waals surface area contributed by atoms with Gasteiger partial charge in [-0.15, -0.1) is 0 Å². The molecule has 2 heterocycles. The highest BCUT2D eigenvalue weighted by molar-refractivity contribution is 6.51. The molecular weight excluding hydrogens is 384 g/mol. The molecule has 2 aromatic carbocycles. The zero-order chi connectivity index (χ0) is 21.4. The quantitative estimate of drug-likeness (QED) is 0.402. The first-order valence-electron chi connectivity index (χ1n) is 9.36.